The highest BCUT2D eigenvalue weighted by atomic mass is 32.1. The molecule has 1 aromatic rings. The summed E-state index contributed by atoms with van der Waals surface area (Å²) in [7, 11) is 1.26. The van der Waals surface area contributed by atoms with Crippen molar-refractivity contribution < 1.29 is 23.9 Å². The lowest BCUT2D eigenvalue weighted by Gasteiger charge is -2.17. The molecule has 1 heterocycles. The van der Waals surface area contributed by atoms with E-state index in [9.17, 15) is 14.4 Å². The number of ether oxygens (including phenoxy) is 2. The van der Waals surface area contributed by atoms with E-state index in [4.69, 9.17) is 9.47 Å². The van der Waals surface area contributed by atoms with Crippen LogP contribution in [0.2, 0.25) is 0 Å². The lowest BCUT2D eigenvalue weighted by atomic mass is 9.96. The predicted octanol–water partition coefficient (Wildman–Crippen LogP) is 3.00. The van der Waals surface area contributed by atoms with Gasteiger partial charge in [-0.2, -0.15) is 0 Å². The monoisotopic (exact) mass is 327 g/mol. The predicted molar refractivity (Wildman–Crippen MR) is 84.4 cm³/mol. The van der Waals surface area contributed by atoms with Crippen molar-refractivity contribution in [2.24, 2.45) is 5.41 Å². The van der Waals surface area contributed by atoms with Crippen molar-refractivity contribution in [1.29, 1.82) is 0 Å². The molecule has 0 atom stereocenters. The van der Waals surface area contributed by atoms with Gasteiger partial charge in [-0.3, -0.25) is 4.79 Å². The zero-order valence-corrected chi connectivity index (χ0v) is 14.5. The van der Waals surface area contributed by atoms with Crippen molar-refractivity contribution in [3.05, 3.63) is 16.0 Å². The molecule has 6 nitrogen and oxygen atoms in total. The third kappa shape index (κ3) is 3.85. The van der Waals surface area contributed by atoms with Crippen molar-refractivity contribution in [3.8, 4) is 0 Å². The number of anilines is 1. The Labute approximate surface area is 133 Å². The summed E-state index contributed by atoms with van der Waals surface area (Å²) in [6.07, 6.45) is 0. The van der Waals surface area contributed by atoms with E-state index >= 15 is 0 Å². The standard InChI is InChI=1S/C15H21NO5S/c1-7-21-12(17)9-8(2)10(13(18)20-6)22-11(9)16-14(19)15(3,4)5/h7H2,1-6H3,(H,16,19). The van der Waals surface area contributed by atoms with Gasteiger partial charge in [0.05, 0.1) is 19.3 Å². The summed E-state index contributed by atoms with van der Waals surface area (Å²) in [5.74, 6) is -1.38. The number of nitrogens with one attached hydrogen (secondary N) is 1. The molecular weight excluding hydrogens is 306 g/mol. The van der Waals surface area contributed by atoms with Gasteiger partial charge in [-0.25, -0.2) is 9.59 Å². The third-order valence-electron chi connectivity index (χ3n) is 2.91. The summed E-state index contributed by atoms with van der Waals surface area (Å²) >= 11 is 1.01. The highest BCUT2D eigenvalue weighted by Crippen LogP contribution is 2.35. The van der Waals surface area contributed by atoms with Crippen LogP contribution in [-0.4, -0.2) is 31.6 Å². The SMILES string of the molecule is CCOC(=O)c1c(NC(=O)C(C)(C)C)sc(C(=O)OC)c1C. The van der Waals surface area contributed by atoms with Gasteiger partial charge in [0.2, 0.25) is 5.91 Å². The number of carbonyl (C=O) groups is 3. The molecule has 1 rings (SSSR count). The summed E-state index contributed by atoms with van der Waals surface area (Å²) in [6.45, 7) is 8.79. The molecule has 1 N–H and O–H groups in total. The van der Waals surface area contributed by atoms with Crippen LogP contribution < -0.4 is 5.32 Å². The Morgan fingerprint density at radius 3 is 2.23 bits per heavy atom. The second kappa shape index (κ2) is 6.91. The molecule has 1 amide bonds. The molecule has 0 aliphatic carbocycles. The molecule has 0 aliphatic rings. The minimum atomic E-state index is -0.630. The quantitative estimate of drug-likeness (QED) is 0.860. The lowest BCUT2D eigenvalue weighted by Crippen LogP contribution is -2.28. The average molecular weight is 327 g/mol. The molecule has 122 valence electrons. The van der Waals surface area contributed by atoms with Gasteiger partial charge in [-0.05, 0) is 19.4 Å². The minimum absolute atomic E-state index is 0.199. The van der Waals surface area contributed by atoms with Gasteiger partial charge in [-0.15, -0.1) is 11.3 Å². The number of hydrogen-bond donors (Lipinski definition) is 1. The zero-order chi connectivity index (χ0) is 17.1. The Morgan fingerprint density at radius 2 is 1.77 bits per heavy atom. The van der Waals surface area contributed by atoms with Crippen molar-refractivity contribution >= 4 is 34.2 Å². The van der Waals surface area contributed by atoms with Crippen LogP contribution in [0.5, 0.6) is 0 Å². The Kier molecular flexibility index (Phi) is 5.71. The largest absolute Gasteiger partial charge is 0.465 e. The molecule has 0 fully saturated rings. The fourth-order valence-electron chi connectivity index (χ4n) is 1.63. The Hall–Kier alpha value is -1.89. The maximum absolute atomic E-state index is 12.2. The number of hydrogen-bond acceptors (Lipinski definition) is 6. The summed E-state index contributed by atoms with van der Waals surface area (Å²) in [4.78, 5) is 36.3. The normalized spacial score (nSPS) is 11.0. The molecule has 0 radical (unpaired) electrons. The summed E-state index contributed by atoms with van der Waals surface area (Å²) < 4.78 is 9.71. The summed E-state index contributed by atoms with van der Waals surface area (Å²) in [5, 5.41) is 3.00. The maximum atomic E-state index is 12.2. The molecule has 0 saturated carbocycles. The smallest absolute Gasteiger partial charge is 0.348 e. The van der Waals surface area contributed by atoms with Crippen LogP contribution in [0.4, 0.5) is 5.00 Å². The van der Waals surface area contributed by atoms with Crippen LogP contribution in [0.25, 0.3) is 0 Å². The Balaban J connectivity index is 3.32. The minimum Gasteiger partial charge on any atom is -0.465 e. The molecular formula is C15H21NO5S. The number of rotatable bonds is 4. The van der Waals surface area contributed by atoms with E-state index in [-0.39, 0.29) is 23.0 Å². The molecule has 1 aromatic heterocycles. The Bertz CT molecular complexity index is 598. The molecule has 22 heavy (non-hydrogen) atoms. The van der Waals surface area contributed by atoms with Gasteiger partial charge < -0.3 is 14.8 Å². The zero-order valence-electron chi connectivity index (χ0n) is 13.7. The molecule has 0 aliphatic heterocycles. The first-order chi connectivity index (χ1) is 10.1. The average Bonchev–Trinajstić information content (AvgIpc) is 2.74. The number of thiophene rings is 1. The van der Waals surface area contributed by atoms with Crippen molar-refractivity contribution in [2.45, 2.75) is 34.6 Å². The second-order valence-corrected chi connectivity index (χ2v) is 6.70. The number of methoxy groups -OCH3 is 1. The van der Waals surface area contributed by atoms with Crippen LogP contribution in [0.1, 0.15) is 53.3 Å². The molecule has 0 aromatic carbocycles. The van der Waals surface area contributed by atoms with Crippen LogP contribution in [-0.2, 0) is 14.3 Å². The highest BCUT2D eigenvalue weighted by Gasteiger charge is 2.29. The maximum Gasteiger partial charge on any atom is 0.348 e. The van der Waals surface area contributed by atoms with E-state index in [2.05, 4.69) is 5.32 Å². The van der Waals surface area contributed by atoms with Crippen LogP contribution in [0.3, 0.4) is 0 Å². The van der Waals surface area contributed by atoms with Crippen molar-refractivity contribution in [2.75, 3.05) is 19.0 Å². The number of amides is 1. The second-order valence-electron chi connectivity index (χ2n) is 5.68. The van der Waals surface area contributed by atoms with Crippen LogP contribution in [0, 0.1) is 12.3 Å². The van der Waals surface area contributed by atoms with Gasteiger partial charge in [0.25, 0.3) is 0 Å². The van der Waals surface area contributed by atoms with E-state index in [0.29, 0.717) is 10.6 Å². The first-order valence-electron chi connectivity index (χ1n) is 6.83. The molecule has 0 unspecified atom stereocenters. The lowest BCUT2D eigenvalue weighted by molar-refractivity contribution is -0.123. The third-order valence-corrected chi connectivity index (χ3v) is 4.09. The van der Waals surface area contributed by atoms with E-state index in [1.807, 2.05) is 0 Å². The van der Waals surface area contributed by atoms with Crippen LogP contribution in [0.15, 0.2) is 0 Å². The molecule has 0 spiro atoms. The fourth-order valence-corrected chi connectivity index (χ4v) is 2.74. The van der Waals surface area contributed by atoms with E-state index in [1.54, 1.807) is 34.6 Å². The van der Waals surface area contributed by atoms with E-state index in [0.717, 1.165) is 11.3 Å². The number of esters is 2. The topological polar surface area (TPSA) is 81.7 Å². The van der Waals surface area contributed by atoms with Gasteiger partial charge in [0.15, 0.2) is 0 Å². The van der Waals surface area contributed by atoms with Crippen molar-refractivity contribution in [3.63, 3.8) is 0 Å². The van der Waals surface area contributed by atoms with E-state index in [1.165, 1.54) is 7.11 Å². The fraction of sp³-hybridized carbons (Fsp3) is 0.533. The summed E-state index contributed by atoms with van der Waals surface area (Å²) in [6, 6.07) is 0. The molecule has 0 bridgehead atoms. The van der Waals surface area contributed by atoms with Crippen molar-refractivity contribution in [1.82, 2.24) is 0 Å². The van der Waals surface area contributed by atoms with Gasteiger partial charge in [-0.1, -0.05) is 20.8 Å². The highest BCUT2D eigenvalue weighted by molar-refractivity contribution is 7.18. The first kappa shape index (κ1) is 18.2. The molecule has 0 saturated heterocycles. The van der Waals surface area contributed by atoms with Gasteiger partial charge in [0, 0.05) is 5.41 Å². The number of carbonyl (C=O) groups excluding carboxylic acids is 3. The van der Waals surface area contributed by atoms with Gasteiger partial charge in [0.1, 0.15) is 9.88 Å². The van der Waals surface area contributed by atoms with Gasteiger partial charge >= 0.3 is 11.9 Å². The van der Waals surface area contributed by atoms with E-state index < -0.39 is 17.4 Å². The Morgan fingerprint density at radius 1 is 1.18 bits per heavy atom. The molecule has 7 heteroatoms. The van der Waals surface area contributed by atoms with Crippen LogP contribution >= 0.6 is 11.3 Å². The summed E-state index contributed by atoms with van der Waals surface area (Å²) in [5.41, 5.74) is 0.0132. The first-order valence-corrected chi connectivity index (χ1v) is 7.65.